The van der Waals surface area contributed by atoms with Gasteiger partial charge in [0.2, 0.25) is 0 Å². The van der Waals surface area contributed by atoms with Gasteiger partial charge in [-0.1, -0.05) is 53.4 Å². The van der Waals surface area contributed by atoms with Crippen LogP contribution in [0, 0.1) is 0 Å². The molecule has 0 saturated carbocycles. The zero-order valence-corrected chi connectivity index (χ0v) is 24.0. The van der Waals surface area contributed by atoms with Crippen LogP contribution in [0.1, 0.15) is 79.1 Å². The first kappa shape index (κ1) is 37.5. The summed E-state index contributed by atoms with van der Waals surface area (Å²) in [6.45, 7) is 15.0. The third-order valence-corrected chi connectivity index (χ3v) is 3.94. The maximum absolute atomic E-state index is 8.33. The Balaban J connectivity index is -0.000000154. The number of hydrogen-bond donors (Lipinski definition) is 0. The number of nitrogens with zero attached hydrogens (tertiary/aromatic N) is 1. The molecule has 0 spiro atoms. The Kier molecular flexibility index (Phi) is 43.8. The summed E-state index contributed by atoms with van der Waals surface area (Å²) < 4.78 is 1.42. The van der Waals surface area contributed by atoms with Crippen LogP contribution in [0.5, 0.6) is 0 Å². The Labute approximate surface area is 241 Å². The average molecular weight is 416 g/mol. The minimum atomic E-state index is -2.33. The second-order valence-electron chi connectivity index (χ2n) is 5.90. The molecule has 7 heteroatoms. The van der Waals surface area contributed by atoms with E-state index in [4.69, 9.17) is 15.0 Å². The van der Waals surface area contributed by atoms with E-state index in [1.165, 1.54) is 82.0 Å². The fourth-order valence-corrected chi connectivity index (χ4v) is 2.64. The third kappa shape index (κ3) is 27.0. The van der Waals surface area contributed by atoms with Gasteiger partial charge in [-0.2, -0.15) is 0 Å². The molecule has 0 aromatic heterocycles. The molecule has 0 N–H and O–H groups in total. The van der Waals surface area contributed by atoms with Crippen molar-refractivity contribution >= 4 is 6.16 Å². The van der Waals surface area contributed by atoms with Gasteiger partial charge >= 0.3 is 103 Å². The predicted molar refractivity (Wildman–Crippen MR) is 84.8 cm³/mol. The van der Waals surface area contributed by atoms with Crippen molar-refractivity contribution in [3.8, 4) is 0 Å². The van der Waals surface area contributed by atoms with Gasteiger partial charge in [0.25, 0.3) is 0 Å². The number of halogens is 1. The van der Waals surface area contributed by atoms with Crippen LogP contribution in [-0.2, 0) is 0 Å². The smallest absolute Gasteiger partial charge is 1.00 e. The number of carbonyl (C=O) groups excluding carboxylic acids is 1. The number of quaternary nitrogens is 1. The van der Waals surface area contributed by atoms with Crippen molar-refractivity contribution < 1.29 is 135 Å². The SMILES string of the molecule is CCCC[N+](CCCC)(CCCC)CCCC.O=C([O-])[O-].[Cl-].[K+].[K+]. The molecule has 0 aliphatic heterocycles. The molecular formula is C17H36ClK2NO3. The first-order valence-electron chi connectivity index (χ1n) is 8.71. The summed E-state index contributed by atoms with van der Waals surface area (Å²) in [5.74, 6) is 0. The van der Waals surface area contributed by atoms with Crippen LogP contribution in [0.4, 0.5) is 4.79 Å². The number of rotatable bonds is 12. The van der Waals surface area contributed by atoms with Crippen molar-refractivity contribution in [2.24, 2.45) is 0 Å². The van der Waals surface area contributed by atoms with Gasteiger partial charge in [0.1, 0.15) is 0 Å². The number of carbonyl (C=O) groups is 1. The van der Waals surface area contributed by atoms with E-state index in [1.807, 2.05) is 0 Å². The zero-order chi connectivity index (χ0) is 16.6. The van der Waals surface area contributed by atoms with Crippen molar-refractivity contribution in [1.82, 2.24) is 0 Å². The van der Waals surface area contributed by atoms with E-state index in [2.05, 4.69) is 27.7 Å². The van der Waals surface area contributed by atoms with Gasteiger partial charge in [-0.15, -0.1) is 0 Å². The van der Waals surface area contributed by atoms with E-state index in [0.717, 1.165) is 0 Å². The minimum Gasteiger partial charge on any atom is -1.00 e. The maximum Gasteiger partial charge on any atom is 1.00 e. The molecule has 0 fully saturated rings. The summed E-state index contributed by atoms with van der Waals surface area (Å²) in [5.41, 5.74) is 0. The molecule has 0 unspecified atom stereocenters. The fraction of sp³-hybridized carbons (Fsp3) is 0.941. The van der Waals surface area contributed by atoms with Crippen LogP contribution in [0.2, 0.25) is 0 Å². The van der Waals surface area contributed by atoms with Crippen molar-refractivity contribution in [2.75, 3.05) is 26.2 Å². The maximum atomic E-state index is 8.33. The summed E-state index contributed by atoms with van der Waals surface area (Å²) in [5, 5.41) is 16.7. The summed E-state index contributed by atoms with van der Waals surface area (Å²) >= 11 is 0. The Morgan fingerprint density at radius 2 is 0.833 bits per heavy atom. The van der Waals surface area contributed by atoms with E-state index in [1.54, 1.807) is 0 Å². The molecule has 4 nitrogen and oxygen atoms in total. The van der Waals surface area contributed by atoms with E-state index in [9.17, 15) is 0 Å². The van der Waals surface area contributed by atoms with Crippen molar-refractivity contribution in [3.05, 3.63) is 0 Å². The van der Waals surface area contributed by atoms with Gasteiger partial charge in [-0.25, -0.2) is 0 Å². The molecule has 136 valence electrons. The first-order chi connectivity index (χ1) is 9.97. The molecule has 0 aliphatic carbocycles. The Hall–Kier alpha value is 2.79. The number of hydrogen-bond acceptors (Lipinski definition) is 3. The summed E-state index contributed by atoms with van der Waals surface area (Å²) in [4.78, 5) is 8.33. The van der Waals surface area contributed by atoms with Crippen LogP contribution >= 0.6 is 0 Å². The largest absolute Gasteiger partial charge is 1.00 e. The molecule has 24 heavy (non-hydrogen) atoms. The van der Waals surface area contributed by atoms with E-state index < -0.39 is 6.16 Å². The van der Waals surface area contributed by atoms with Gasteiger partial charge in [0, 0.05) is 0 Å². The molecular weight excluding hydrogens is 380 g/mol. The van der Waals surface area contributed by atoms with Crippen LogP contribution in [0.25, 0.3) is 0 Å². The third-order valence-electron chi connectivity index (χ3n) is 3.94. The van der Waals surface area contributed by atoms with Gasteiger partial charge < -0.3 is 31.9 Å². The number of unbranched alkanes of at least 4 members (excludes halogenated alkanes) is 4. The molecule has 0 heterocycles. The molecule has 0 rings (SSSR count). The normalized spacial score (nSPS) is 9.50. The second-order valence-corrected chi connectivity index (χ2v) is 5.90. The predicted octanol–water partition coefficient (Wildman–Crippen LogP) is -6.43. The second kappa shape index (κ2) is 28.0. The summed E-state index contributed by atoms with van der Waals surface area (Å²) in [6.07, 6.45) is 8.73. The topological polar surface area (TPSA) is 63.2 Å². The molecule has 0 aromatic rings. The first-order valence-corrected chi connectivity index (χ1v) is 8.71. The van der Waals surface area contributed by atoms with Gasteiger partial charge in [0.05, 0.1) is 26.2 Å². The van der Waals surface area contributed by atoms with Crippen LogP contribution < -0.4 is 125 Å². The van der Waals surface area contributed by atoms with Gasteiger partial charge in [-0.05, 0) is 31.8 Å². The molecule has 0 radical (unpaired) electrons. The Morgan fingerprint density at radius 1 is 0.667 bits per heavy atom. The molecule has 0 amide bonds. The standard InChI is InChI=1S/C16H36N.CH2O3.ClH.2K/c1-5-9-13-17(14-10-6-2,15-11-7-3)16-12-8-4;2-1(3)4;;;/h5-16H2,1-4H3;(H2,2,3,4);1H;;/q+1;;;2*+1/p-3. The van der Waals surface area contributed by atoms with Crippen molar-refractivity contribution in [1.29, 1.82) is 0 Å². The van der Waals surface area contributed by atoms with Crippen molar-refractivity contribution in [2.45, 2.75) is 79.1 Å². The van der Waals surface area contributed by atoms with Crippen LogP contribution in [0.15, 0.2) is 0 Å². The summed E-state index contributed by atoms with van der Waals surface area (Å²) in [7, 11) is 0. The van der Waals surface area contributed by atoms with Gasteiger partial charge in [-0.3, -0.25) is 0 Å². The summed E-state index contributed by atoms with van der Waals surface area (Å²) in [6, 6.07) is 0. The molecule has 0 saturated heterocycles. The Morgan fingerprint density at radius 3 is 0.958 bits per heavy atom. The Bertz CT molecular complexity index is 206. The van der Waals surface area contributed by atoms with Crippen LogP contribution in [-0.4, -0.2) is 36.8 Å². The monoisotopic (exact) mass is 415 g/mol. The zero-order valence-electron chi connectivity index (χ0n) is 17.0. The van der Waals surface area contributed by atoms with E-state index in [0.29, 0.717) is 0 Å². The molecule has 0 aromatic carbocycles. The van der Waals surface area contributed by atoms with Gasteiger partial charge in [0.15, 0.2) is 0 Å². The number of carboxylic acid groups (broad SMARTS) is 2. The molecule has 0 bridgehead atoms. The minimum absolute atomic E-state index is 0. The average Bonchev–Trinajstić information content (AvgIpc) is 2.45. The molecule has 0 atom stereocenters. The quantitative estimate of drug-likeness (QED) is 0.235. The van der Waals surface area contributed by atoms with E-state index in [-0.39, 0.29) is 115 Å². The van der Waals surface area contributed by atoms with E-state index >= 15 is 0 Å². The van der Waals surface area contributed by atoms with Crippen LogP contribution in [0.3, 0.4) is 0 Å². The van der Waals surface area contributed by atoms with Crippen molar-refractivity contribution in [3.63, 3.8) is 0 Å². The molecule has 0 aliphatic rings. The fourth-order valence-electron chi connectivity index (χ4n) is 2.64.